The number of carbonyl (C=O) groups is 1. The van der Waals surface area contributed by atoms with Crippen molar-refractivity contribution in [2.75, 3.05) is 6.54 Å². The molecule has 1 aliphatic rings. The Morgan fingerprint density at radius 3 is 2.89 bits per heavy atom. The van der Waals surface area contributed by atoms with Crippen LogP contribution in [0.5, 0.6) is 0 Å². The first kappa shape index (κ1) is 18.8. The SMILES string of the molecule is O=C(CCc1nc2sc3c(c2c(=O)[nH]1)CCCC3)NCCc1ccccc1F. The number of thiophene rings is 1. The molecule has 0 atom stereocenters. The smallest absolute Gasteiger partial charge is 0.259 e. The van der Waals surface area contributed by atoms with Gasteiger partial charge < -0.3 is 10.3 Å². The second-order valence-corrected chi connectivity index (χ2v) is 8.18. The molecule has 0 aliphatic heterocycles. The molecule has 5 nitrogen and oxygen atoms in total. The van der Waals surface area contributed by atoms with Crippen molar-refractivity contribution in [1.82, 2.24) is 15.3 Å². The van der Waals surface area contributed by atoms with Crippen LogP contribution in [-0.2, 0) is 30.5 Å². The van der Waals surface area contributed by atoms with Crippen LogP contribution in [0, 0.1) is 5.82 Å². The van der Waals surface area contributed by atoms with Crippen LogP contribution in [0.15, 0.2) is 29.1 Å². The third-order valence-corrected chi connectivity index (χ3v) is 6.32. The number of rotatable bonds is 6. The summed E-state index contributed by atoms with van der Waals surface area (Å²) < 4.78 is 13.6. The number of aromatic nitrogens is 2. The molecule has 0 fully saturated rings. The molecule has 0 saturated carbocycles. The van der Waals surface area contributed by atoms with Crippen LogP contribution in [0.3, 0.4) is 0 Å². The number of H-pyrrole nitrogens is 1. The number of halogens is 1. The zero-order valence-corrected chi connectivity index (χ0v) is 16.3. The molecule has 4 rings (SSSR count). The fourth-order valence-corrected chi connectivity index (χ4v) is 4.97. The normalized spacial score (nSPS) is 13.5. The van der Waals surface area contributed by atoms with Crippen LogP contribution in [0.25, 0.3) is 10.2 Å². The Morgan fingerprint density at radius 2 is 2.04 bits per heavy atom. The van der Waals surface area contributed by atoms with E-state index in [1.165, 1.54) is 10.9 Å². The number of benzene rings is 1. The van der Waals surface area contributed by atoms with Gasteiger partial charge >= 0.3 is 0 Å². The highest BCUT2D eigenvalue weighted by Gasteiger charge is 2.19. The number of aromatic amines is 1. The fourth-order valence-electron chi connectivity index (χ4n) is 3.68. The lowest BCUT2D eigenvalue weighted by Gasteiger charge is -2.09. The average molecular weight is 399 g/mol. The van der Waals surface area contributed by atoms with Gasteiger partial charge in [-0.2, -0.15) is 0 Å². The summed E-state index contributed by atoms with van der Waals surface area (Å²) in [5.41, 5.74) is 1.65. The molecule has 1 amide bonds. The second kappa shape index (κ2) is 8.22. The number of carbonyl (C=O) groups excluding carboxylic acids is 1. The van der Waals surface area contributed by atoms with Crippen molar-refractivity contribution in [3.63, 3.8) is 0 Å². The van der Waals surface area contributed by atoms with Gasteiger partial charge in [0, 0.05) is 24.3 Å². The molecule has 0 unspecified atom stereocenters. The topological polar surface area (TPSA) is 74.8 Å². The molecule has 7 heteroatoms. The first-order chi connectivity index (χ1) is 13.6. The molecule has 1 aromatic carbocycles. The van der Waals surface area contributed by atoms with Crippen molar-refractivity contribution in [2.24, 2.45) is 0 Å². The minimum absolute atomic E-state index is 0.0978. The third kappa shape index (κ3) is 3.99. The van der Waals surface area contributed by atoms with Gasteiger partial charge in [0.2, 0.25) is 5.91 Å². The minimum Gasteiger partial charge on any atom is -0.356 e. The van der Waals surface area contributed by atoms with E-state index in [0.29, 0.717) is 30.8 Å². The summed E-state index contributed by atoms with van der Waals surface area (Å²) in [5, 5.41) is 3.53. The van der Waals surface area contributed by atoms with Crippen LogP contribution in [0.1, 0.15) is 41.1 Å². The van der Waals surface area contributed by atoms with Crippen LogP contribution >= 0.6 is 11.3 Å². The fraction of sp³-hybridized carbons (Fsp3) is 0.381. The van der Waals surface area contributed by atoms with Crippen LogP contribution in [0.2, 0.25) is 0 Å². The number of amides is 1. The molecule has 146 valence electrons. The Labute approximate surface area is 166 Å². The maximum absolute atomic E-state index is 13.6. The number of hydrogen-bond acceptors (Lipinski definition) is 4. The number of nitrogens with zero attached hydrogens (tertiary/aromatic N) is 1. The Hall–Kier alpha value is -2.54. The summed E-state index contributed by atoms with van der Waals surface area (Å²) in [5.74, 6) is 0.149. The highest BCUT2D eigenvalue weighted by molar-refractivity contribution is 7.18. The van der Waals surface area contributed by atoms with E-state index in [2.05, 4.69) is 15.3 Å². The van der Waals surface area contributed by atoms with Gasteiger partial charge in [-0.25, -0.2) is 9.37 Å². The highest BCUT2D eigenvalue weighted by atomic mass is 32.1. The minimum atomic E-state index is -0.259. The van der Waals surface area contributed by atoms with Crippen LogP contribution < -0.4 is 10.9 Å². The second-order valence-electron chi connectivity index (χ2n) is 7.10. The molecular formula is C21H22FN3O2S. The first-order valence-corrected chi connectivity index (χ1v) is 10.5. The average Bonchev–Trinajstić information content (AvgIpc) is 3.07. The summed E-state index contributed by atoms with van der Waals surface area (Å²) in [6.45, 7) is 0.375. The van der Waals surface area contributed by atoms with E-state index >= 15 is 0 Å². The van der Waals surface area contributed by atoms with Crippen molar-refractivity contribution < 1.29 is 9.18 Å². The largest absolute Gasteiger partial charge is 0.356 e. The molecule has 2 N–H and O–H groups in total. The lowest BCUT2D eigenvalue weighted by Crippen LogP contribution is -2.26. The van der Waals surface area contributed by atoms with Gasteiger partial charge in [-0.1, -0.05) is 18.2 Å². The van der Waals surface area contributed by atoms with E-state index in [1.54, 1.807) is 29.5 Å². The molecule has 0 spiro atoms. The summed E-state index contributed by atoms with van der Waals surface area (Å²) in [7, 11) is 0. The molecule has 2 aromatic heterocycles. The van der Waals surface area contributed by atoms with Gasteiger partial charge in [-0.3, -0.25) is 9.59 Å². The Kier molecular flexibility index (Phi) is 5.52. The Balaban J connectivity index is 1.35. The van der Waals surface area contributed by atoms with Crippen molar-refractivity contribution in [2.45, 2.75) is 44.9 Å². The zero-order valence-electron chi connectivity index (χ0n) is 15.5. The third-order valence-electron chi connectivity index (χ3n) is 5.14. The van der Waals surface area contributed by atoms with Crippen LogP contribution in [-0.4, -0.2) is 22.4 Å². The Bertz CT molecular complexity index is 1070. The summed E-state index contributed by atoms with van der Waals surface area (Å²) in [6.07, 6.45) is 5.31. The summed E-state index contributed by atoms with van der Waals surface area (Å²) in [4.78, 5) is 34.1. The van der Waals surface area contributed by atoms with Gasteiger partial charge in [0.05, 0.1) is 5.39 Å². The van der Waals surface area contributed by atoms with Crippen molar-refractivity contribution in [1.29, 1.82) is 0 Å². The van der Waals surface area contributed by atoms with E-state index in [0.717, 1.165) is 41.5 Å². The number of nitrogens with one attached hydrogen (secondary N) is 2. The maximum atomic E-state index is 13.6. The van der Waals surface area contributed by atoms with Gasteiger partial charge in [0.15, 0.2) is 0 Å². The molecule has 28 heavy (non-hydrogen) atoms. The highest BCUT2D eigenvalue weighted by Crippen LogP contribution is 2.33. The van der Waals surface area contributed by atoms with Gasteiger partial charge in [-0.05, 0) is 49.3 Å². The standard InChI is InChI=1S/C21H22FN3O2S/c22-15-7-3-1-5-13(15)11-12-23-18(26)10-9-17-24-20(27)19-14-6-2-4-8-16(14)28-21(19)25-17/h1,3,5,7H,2,4,6,8-12H2,(H,23,26)(H,24,25,27). The molecule has 0 saturated heterocycles. The van der Waals surface area contributed by atoms with E-state index in [9.17, 15) is 14.0 Å². The summed E-state index contributed by atoms with van der Waals surface area (Å²) in [6, 6.07) is 6.55. The molecule has 2 heterocycles. The van der Waals surface area contributed by atoms with Gasteiger partial charge in [0.1, 0.15) is 16.5 Å². The van der Waals surface area contributed by atoms with Gasteiger partial charge in [0.25, 0.3) is 5.56 Å². The molecule has 1 aliphatic carbocycles. The molecular weight excluding hydrogens is 377 g/mol. The predicted octanol–water partition coefficient (Wildman–Crippen LogP) is 3.29. The van der Waals surface area contributed by atoms with E-state index in [1.807, 2.05) is 0 Å². The monoisotopic (exact) mass is 399 g/mol. The van der Waals surface area contributed by atoms with E-state index < -0.39 is 0 Å². The predicted molar refractivity (Wildman–Crippen MR) is 108 cm³/mol. The number of hydrogen-bond donors (Lipinski definition) is 2. The van der Waals surface area contributed by atoms with Crippen LogP contribution in [0.4, 0.5) is 4.39 Å². The number of fused-ring (bicyclic) bond motifs is 3. The lowest BCUT2D eigenvalue weighted by atomic mass is 9.97. The zero-order chi connectivity index (χ0) is 19.5. The lowest BCUT2D eigenvalue weighted by molar-refractivity contribution is -0.121. The van der Waals surface area contributed by atoms with Gasteiger partial charge in [-0.15, -0.1) is 11.3 Å². The summed E-state index contributed by atoms with van der Waals surface area (Å²) >= 11 is 1.61. The quantitative estimate of drug-likeness (QED) is 0.668. The molecule has 3 aromatic rings. The molecule has 0 bridgehead atoms. The Morgan fingerprint density at radius 1 is 1.21 bits per heavy atom. The first-order valence-electron chi connectivity index (χ1n) is 9.65. The number of aryl methyl sites for hydroxylation is 3. The van der Waals surface area contributed by atoms with E-state index in [-0.39, 0.29) is 23.7 Å². The van der Waals surface area contributed by atoms with Crippen molar-refractivity contribution in [3.05, 3.63) is 62.3 Å². The van der Waals surface area contributed by atoms with Crippen molar-refractivity contribution >= 4 is 27.5 Å². The van der Waals surface area contributed by atoms with Crippen molar-refractivity contribution in [3.8, 4) is 0 Å². The molecule has 0 radical (unpaired) electrons. The maximum Gasteiger partial charge on any atom is 0.259 e. The van der Waals surface area contributed by atoms with E-state index in [4.69, 9.17) is 0 Å².